The van der Waals surface area contributed by atoms with Crippen LogP contribution in [0.15, 0.2) is 71.4 Å². The molecule has 2 N–H and O–H groups in total. The minimum absolute atomic E-state index is 0.297. The summed E-state index contributed by atoms with van der Waals surface area (Å²) in [4.78, 5) is 24.5. The zero-order valence-corrected chi connectivity index (χ0v) is 19.2. The number of urea groups is 1. The highest BCUT2D eigenvalue weighted by Gasteiger charge is 2.15. The topological polar surface area (TPSA) is 66.9 Å². The molecule has 7 heteroatoms. The van der Waals surface area contributed by atoms with Crippen molar-refractivity contribution in [3.63, 3.8) is 0 Å². The summed E-state index contributed by atoms with van der Waals surface area (Å²) in [6.07, 6.45) is 0. The van der Waals surface area contributed by atoms with Crippen LogP contribution in [-0.2, 0) is 0 Å². The molecule has 0 unspecified atom stereocenters. The fourth-order valence-electron chi connectivity index (χ4n) is 3.41. The molecular formula is C25H20N4OS2. The zero-order valence-electron chi connectivity index (χ0n) is 17.5. The number of aryl methyl sites for hydroxylation is 2. The van der Waals surface area contributed by atoms with Crippen LogP contribution in [0.3, 0.4) is 0 Å². The van der Waals surface area contributed by atoms with Gasteiger partial charge in [-0.1, -0.05) is 18.2 Å². The number of rotatable bonds is 4. The summed E-state index contributed by atoms with van der Waals surface area (Å²) in [7, 11) is 0. The molecule has 0 spiro atoms. The lowest BCUT2D eigenvalue weighted by atomic mass is 10.1. The Hall–Kier alpha value is -3.55. The third kappa shape index (κ3) is 4.12. The van der Waals surface area contributed by atoms with Crippen molar-refractivity contribution in [1.82, 2.24) is 9.97 Å². The van der Waals surface area contributed by atoms with Gasteiger partial charge in [-0.3, -0.25) is 0 Å². The quantitative estimate of drug-likeness (QED) is 0.297. The van der Waals surface area contributed by atoms with Crippen molar-refractivity contribution in [2.45, 2.75) is 13.8 Å². The molecule has 5 rings (SSSR count). The minimum Gasteiger partial charge on any atom is -0.308 e. The number of amides is 2. The second-order valence-corrected chi connectivity index (χ2v) is 9.35. The molecule has 32 heavy (non-hydrogen) atoms. The van der Waals surface area contributed by atoms with Gasteiger partial charge in [0.25, 0.3) is 0 Å². The number of carbonyl (C=O) groups excluding carboxylic acids is 1. The van der Waals surface area contributed by atoms with Crippen LogP contribution in [0, 0.1) is 13.8 Å². The molecule has 0 saturated carbocycles. The summed E-state index contributed by atoms with van der Waals surface area (Å²) in [5, 5.41) is 9.86. The summed E-state index contributed by atoms with van der Waals surface area (Å²) in [6.45, 7) is 4.07. The smallest absolute Gasteiger partial charge is 0.308 e. The molecule has 0 atom stereocenters. The molecular weight excluding hydrogens is 436 g/mol. The van der Waals surface area contributed by atoms with E-state index in [4.69, 9.17) is 9.97 Å². The highest BCUT2D eigenvalue weighted by Crippen LogP contribution is 2.35. The third-order valence-electron chi connectivity index (χ3n) is 5.20. The lowest BCUT2D eigenvalue weighted by molar-refractivity contribution is 0.262. The van der Waals surface area contributed by atoms with Gasteiger partial charge in [-0.25, -0.2) is 14.8 Å². The number of thiophene rings is 2. The maximum Gasteiger partial charge on any atom is 0.323 e. The van der Waals surface area contributed by atoms with Gasteiger partial charge in [0.1, 0.15) is 11.4 Å². The Bertz CT molecular complexity index is 1410. The number of nitrogens with one attached hydrogen (secondary N) is 2. The van der Waals surface area contributed by atoms with Gasteiger partial charge in [0, 0.05) is 11.4 Å². The van der Waals surface area contributed by atoms with E-state index in [1.807, 2.05) is 73.1 Å². The van der Waals surface area contributed by atoms with Crippen LogP contribution in [0.25, 0.3) is 32.2 Å². The van der Waals surface area contributed by atoms with Crippen molar-refractivity contribution in [3.05, 3.63) is 82.6 Å². The third-order valence-corrected chi connectivity index (χ3v) is 6.95. The molecule has 2 aromatic carbocycles. The molecule has 5 nitrogen and oxygen atoms in total. The number of hydrogen-bond donors (Lipinski definition) is 2. The molecule has 3 heterocycles. The van der Waals surface area contributed by atoms with E-state index in [-0.39, 0.29) is 6.03 Å². The van der Waals surface area contributed by atoms with E-state index in [9.17, 15) is 4.79 Å². The first-order valence-electron chi connectivity index (χ1n) is 10.1. The van der Waals surface area contributed by atoms with E-state index in [1.165, 1.54) is 5.56 Å². The average Bonchev–Trinajstić information content (AvgIpc) is 3.50. The normalized spacial score (nSPS) is 10.9. The number of anilines is 2. The molecule has 0 fully saturated rings. The Balaban J connectivity index is 1.46. The zero-order chi connectivity index (χ0) is 22.1. The highest BCUT2D eigenvalue weighted by molar-refractivity contribution is 7.14. The summed E-state index contributed by atoms with van der Waals surface area (Å²) in [5.74, 6) is 0. The maximum atomic E-state index is 12.5. The van der Waals surface area contributed by atoms with Crippen LogP contribution in [0.5, 0.6) is 0 Å². The summed E-state index contributed by atoms with van der Waals surface area (Å²) >= 11 is 3.28. The summed E-state index contributed by atoms with van der Waals surface area (Å²) < 4.78 is 0. The number of fused-ring (bicyclic) bond motifs is 1. The van der Waals surface area contributed by atoms with Crippen molar-refractivity contribution in [3.8, 4) is 21.1 Å². The molecule has 158 valence electrons. The summed E-state index contributed by atoms with van der Waals surface area (Å²) in [5.41, 5.74) is 6.99. The fraction of sp³-hybridized carbons (Fsp3) is 0.0800. The van der Waals surface area contributed by atoms with E-state index < -0.39 is 0 Å². The van der Waals surface area contributed by atoms with Gasteiger partial charge in [-0.2, -0.15) is 0 Å². The molecule has 0 aliphatic heterocycles. The molecule has 0 bridgehead atoms. The van der Waals surface area contributed by atoms with Crippen LogP contribution in [0.2, 0.25) is 0 Å². The molecule has 0 aliphatic rings. The van der Waals surface area contributed by atoms with Gasteiger partial charge in [0.2, 0.25) is 0 Å². The van der Waals surface area contributed by atoms with Crippen molar-refractivity contribution < 1.29 is 4.79 Å². The maximum absolute atomic E-state index is 12.5. The monoisotopic (exact) mass is 456 g/mol. The van der Waals surface area contributed by atoms with Crippen LogP contribution < -0.4 is 10.6 Å². The molecule has 3 aromatic heterocycles. The first-order valence-corrected chi connectivity index (χ1v) is 11.9. The second kappa shape index (κ2) is 8.53. The van der Waals surface area contributed by atoms with Gasteiger partial charge in [0.15, 0.2) is 0 Å². The first kappa shape index (κ1) is 20.4. The van der Waals surface area contributed by atoms with Crippen molar-refractivity contribution in [1.29, 1.82) is 0 Å². The number of carbonyl (C=O) groups is 1. The largest absolute Gasteiger partial charge is 0.323 e. The lowest BCUT2D eigenvalue weighted by Gasteiger charge is -2.11. The van der Waals surface area contributed by atoms with E-state index in [2.05, 4.69) is 22.8 Å². The van der Waals surface area contributed by atoms with Gasteiger partial charge in [0.05, 0.1) is 20.8 Å². The number of hydrogen-bond acceptors (Lipinski definition) is 5. The summed E-state index contributed by atoms with van der Waals surface area (Å²) in [6, 6.07) is 19.3. The Labute approximate surface area is 193 Å². The van der Waals surface area contributed by atoms with Gasteiger partial charge in [-0.05, 0) is 78.2 Å². The van der Waals surface area contributed by atoms with Gasteiger partial charge in [-0.15, -0.1) is 22.7 Å². The van der Waals surface area contributed by atoms with Crippen LogP contribution in [0.1, 0.15) is 11.1 Å². The Morgan fingerprint density at radius 1 is 0.719 bits per heavy atom. The van der Waals surface area contributed by atoms with Gasteiger partial charge < -0.3 is 10.6 Å². The minimum atomic E-state index is -0.297. The van der Waals surface area contributed by atoms with Gasteiger partial charge >= 0.3 is 6.03 Å². The first-order chi connectivity index (χ1) is 15.6. The van der Waals surface area contributed by atoms with Crippen molar-refractivity contribution in [2.75, 3.05) is 10.6 Å². The number of aromatic nitrogens is 2. The van der Waals surface area contributed by atoms with Crippen LogP contribution >= 0.6 is 22.7 Å². The highest BCUT2D eigenvalue weighted by atomic mass is 32.1. The number of nitrogens with zero attached hydrogens (tertiary/aromatic N) is 2. The molecule has 2 amide bonds. The van der Waals surface area contributed by atoms with Crippen molar-refractivity contribution >= 4 is 51.1 Å². The Morgan fingerprint density at radius 3 is 1.91 bits per heavy atom. The molecule has 0 radical (unpaired) electrons. The van der Waals surface area contributed by atoms with Crippen LogP contribution in [-0.4, -0.2) is 16.0 Å². The predicted octanol–water partition coefficient (Wildman–Crippen LogP) is 7.35. The second-order valence-electron chi connectivity index (χ2n) is 7.46. The fourth-order valence-corrected chi connectivity index (χ4v) is 4.84. The van der Waals surface area contributed by atoms with E-state index >= 15 is 0 Å². The van der Waals surface area contributed by atoms with E-state index in [1.54, 1.807) is 22.7 Å². The average molecular weight is 457 g/mol. The Morgan fingerprint density at radius 2 is 1.31 bits per heavy atom. The molecule has 0 aliphatic carbocycles. The SMILES string of the molecule is Cc1ccc(NC(=O)Nc2ccc3nc(-c4cccs4)c(-c4cccs4)nc3c2)cc1C. The van der Waals surface area contributed by atoms with Crippen molar-refractivity contribution in [2.24, 2.45) is 0 Å². The molecule has 0 saturated heterocycles. The molecule has 5 aromatic rings. The number of benzene rings is 2. The predicted molar refractivity (Wildman–Crippen MR) is 135 cm³/mol. The van der Waals surface area contributed by atoms with E-state index in [0.29, 0.717) is 5.69 Å². The lowest BCUT2D eigenvalue weighted by Crippen LogP contribution is -2.19. The van der Waals surface area contributed by atoms with Crippen LogP contribution in [0.4, 0.5) is 16.2 Å². The Kier molecular flexibility index (Phi) is 5.43. The van der Waals surface area contributed by atoms with E-state index in [0.717, 1.165) is 43.4 Å². The standard InChI is InChI=1S/C25H20N4OS2/c1-15-7-8-17(13-16(15)2)26-25(30)27-18-9-10-19-20(14-18)29-24(22-6-4-12-32-22)23(28-19)21-5-3-11-31-21/h3-14H,1-2H3,(H2,26,27,30).